The van der Waals surface area contributed by atoms with Gasteiger partial charge >= 0.3 is 5.69 Å². The quantitative estimate of drug-likeness (QED) is 0.467. The first-order chi connectivity index (χ1) is 11.1. The lowest BCUT2D eigenvalue weighted by molar-refractivity contribution is -0.386. The van der Waals surface area contributed by atoms with E-state index in [0.717, 1.165) is 24.2 Å². The zero-order valence-electron chi connectivity index (χ0n) is 12.2. The number of allylic oxidation sites excluding steroid dienone is 1. The third-order valence-corrected chi connectivity index (χ3v) is 3.42. The summed E-state index contributed by atoms with van der Waals surface area (Å²) in [7, 11) is 1.60. The molecular formula is C15H12ClN3O4. The Morgan fingerprint density at radius 3 is 2.74 bits per heavy atom. The van der Waals surface area contributed by atoms with Crippen LogP contribution in [0.4, 0.5) is 5.69 Å². The third-order valence-electron chi connectivity index (χ3n) is 3.21. The van der Waals surface area contributed by atoms with Crippen LogP contribution in [0.15, 0.2) is 36.3 Å². The normalized spacial score (nSPS) is 12.7. The molecule has 0 bridgehead atoms. The molecule has 0 unspecified atom stereocenters. The Kier molecular flexibility index (Phi) is 4.12. The van der Waals surface area contributed by atoms with Crippen molar-refractivity contribution in [3.8, 4) is 11.6 Å². The van der Waals surface area contributed by atoms with Crippen LogP contribution in [0, 0.1) is 10.1 Å². The van der Waals surface area contributed by atoms with Gasteiger partial charge in [-0.05, 0) is 24.5 Å². The number of rotatable bonds is 5. The Morgan fingerprint density at radius 2 is 2.09 bits per heavy atom. The van der Waals surface area contributed by atoms with E-state index in [-0.39, 0.29) is 16.6 Å². The Labute approximate surface area is 136 Å². The van der Waals surface area contributed by atoms with Crippen molar-refractivity contribution in [1.82, 2.24) is 9.97 Å². The van der Waals surface area contributed by atoms with Crippen molar-refractivity contribution < 1.29 is 14.4 Å². The van der Waals surface area contributed by atoms with Crippen molar-refractivity contribution in [2.24, 2.45) is 0 Å². The Bertz CT molecular complexity index is 801. The molecule has 1 aliphatic rings. The molecule has 2 aromatic heterocycles. The van der Waals surface area contributed by atoms with Crippen LogP contribution in [-0.4, -0.2) is 22.0 Å². The smallest absolute Gasteiger partial charge is 0.332 e. The fourth-order valence-electron chi connectivity index (χ4n) is 2.09. The van der Waals surface area contributed by atoms with Gasteiger partial charge in [-0.25, -0.2) is 4.98 Å². The van der Waals surface area contributed by atoms with Gasteiger partial charge in [0.15, 0.2) is 0 Å². The molecule has 23 heavy (non-hydrogen) atoms. The molecule has 2 heterocycles. The predicted molar refractivity (Wildman–Crippen MR) is 83.4 cm³/mol. The maximum absolute atomic E-state index is 11.1. The summed E-state index contributed by atoms with van der Waals surface area (Å²) < 4.78 is 10.9. The lowest BCUT2D eigenvalue weighted by Gasteiger charge is -2.09. The molecule has 0 spiro atoms. The van der Waals surface area contributed by atoms with Crippen molar-refractivity contribution in [1.29, 1.82) is 0 Å². The number of pyridine rings is 2. The minimum absolute atomic E-state index is 0.142. The van der Waals surface area contributed by atoms with Gasteiger partial charge in [-0.1, -0.05) is 11.6 Å². The monoisotopic (exact) mass is 333 g/mol. The summed E-state index contributed by atoms with van der Waals surface area (Å²) >= 11 is 5.73. The second-order valence-electron chi connectivity index (χ2n) is 4.88. The van der Waals surface area contributed by atoms with E-state index in [9.17, 15) is 10.1 Å². The molecule has 0 aliphatic heterocycles. The Balaban J connectivity index is 1.93. The average Bonchev–Trinajstić information content (AvgIpc) is 3.35. The van der Waals surface area contributed by atoms with Crippen molar-refractivity contribution in [2.45, 2.75) is 12.8 Å². The third kappa shape index (κ3) is 3.40. The lowest BCUT2D eigenvalue weighted by Crippen LogP contribution is -1.97. The SMILES string of the molecule is COC(=C1CC1)c1cncc(Oc2ncc(Cl)cc2[N+](=O)[O-])c1. The number of aromatic nitrogens is 2. The van der Waals surface area contributed by atoms with Gasteiger partial charge in [0.1, 0.15) is 11.5 Å². The molecular weight excluding hydrogens is 322 g/mol. The predicted octanol–water partition coefficient (Wildman–Crippen LogP) is 3.98. The van der Waals surface area contributed by atoms with Gasteiger partial charge in [-0.2, -0.15) is 0 Å². The highest BCUT2D eigenvalue weighted by Crippen LogP contribution is 2.38. The molecule has 0 aromatic carbocycles. The van der Waals surface area contributed by atoms with E-state index in [4.69, 9.17) is 21.1 Å². The number of nitrogens with zero attached hydrogens (tertiary/aromatic N) is 3. The largest absolute Gasteiger partial charge is 0.496 e. The second-order valence-corrected chi connectivity index (χ2v) is 5.32. The molecule has 3 rings (SSSR count). The van der Waals surface area contributed by atoms with Gasteiger partial charge in [-0.15, -0.1) is 0 Å². The number of ether oxygens (including phenoxy) is 2. The summed E-state index contributed by atoms with van der Waals surface area (Å²) in [5.41, 5.74) is 1.66. The lowest BCUT2D eigenvalue weighted by atomic mass is 10.2. The van der Waals surface area contributed by atoms with Crippen molar-refractivity contribution in [3.63, 3.8) is 0 Å². The van der Waals surface area contributed by atoms with Gasteiger partial charge in [0.2, 0.25) is 0 Å². The second kappa shape index (κ2) is 6.21. The van der Waals surface area contributed by atoms with E-state index in [1.807, 2.05) is 0 Å². The zero-order chi connectivity index (χ0) is 16.4. The standard InChI is InChI=1S/C15H12ClN3O4/c1-22-14(9-2-3-9)10-4-12(8-17-6-10)23-15-13(19(20)21)5-11(16)7-18-15/h4-8H,2-3H2,1H3. The molecule has 0 radical (unpaired) electrons. The number of methoxy groups -OCH3 is 1. The van der Waals surface area contributed by atoms with Crippen LogP contribution < -0.4 is 4.74 Å². The van der Waals surface area contributed by atoms with E-state index >= 15 is 0 Å². The first-order valence-electron chi connectivity index (χ1n) is 6.77. The van der Waals surface area contributed by atoms with Crippen molar-refractivity contribution in [3.05, 3.63) is 57.0 Å². The van der Waals surface area contributed by atoms with Gasteiger partial charge < -0.3 is 9.47 Å². The minimum atomic E-state index is -0.599. The number of nitro groups is 1. The summed E-state index contributed by atoms with van der Waals surface area (Å²) in [5.74, 6) is 0.953. The molecule has 118 valence electrons. The molecule has 0 N–H and O–H groups in total. The maximum Gasteiger partial charge on any atom is 0.332 e. The highest BCUT2D eigenvalue weighted by Gasteiger charge is 2.22. The minimum Gasteiger partial charge on any atom is -0.496 e. The van der Waals surface area contributed by atoms with E-state index in [2.05, 4.69) is 9.97 Å². The van der Waals surface area contributed by atoms with Crippen molar-refractivity contribution in [2.75, 3.05) is 7.11 Å². The fraction of sp³-hybridized carbons (Fsp3) is 0.200. The van der Waals surface area contributed by atoms with Crippen LogP contribution in [0.3, 0.4) is 0 Å². The first-order valence-corrected chi connectivity index (χ1v) is 7.15. The van der Waals surface area contributed by atoms with Gasteiger partial charge in [0.25, 0.3) is 5.88 Å². The Hall–Kier alpha value is -2.67. The van der Waals surface area contributed by atoms with E-state index in [1.165, 1.54) is 24.0 Å². The van der Waals surface area contributed by atoms with Crippen LogP contribution in [0.5, 0.6) is 11.6 Å². The molecule has 1 aliphatic carbocycles. The van der Waals surface area contributed by atoms with Crippen LogP contribution in [-0.2, 0) is 4.74 Å². The molecule has 8 heteroatoms. The van der Waals surface area contributed by atoms with E-state index < -0.39 is 4.92 Å². The highest BCUT2D eigenvalue weighted by molar-refractivity contribution is 6.30. The maximum atomic E-state index is 11.1. The average molecular weight is 334 g/mol. The van der Waals surface area contributed by atoms with Crippen LogP contribution in [0.1, 0.15) is 18.4 Å². The Morgan fingerprint density at radius 1 is 1.30 bits per heavy atom. The van der Waals surface area contributed by atoms with Gasteiger partial charge in [0.05, 0.1) is 29.4 Å². The zero-order valence-corrected chi connectivity index (χ0v) is 12.9. The van der Waals surface area contributed by atoms with Gasteiger partial charge in [0, 0.05) is 17.8 Å². The number of hydrogen-bond donors (Lipinski definition) is 0. The van der Waals surface area contributed by atoms with Crippen molar-refractivity contribution >= 4 is 23.0 Å². The molecule has 2 aromatic rings. The van der Waals surface area contributed by atoms with Crippen LogP contribution >= 0.6 is 11.6 Å². The van der Waals surface area contributed by atoms with Crippen LogP contribution in [0.25, 0.3) is 5.76 Å². The fourth-order valence-corrected chi connectivity index (χ4v) is 2.24. The molecule has 7 nitrogen and oxygen atoms in total. The first kappa shape index (κ1) is 15.2. The molecule has 0 atom stereocenters. The number of halogens is 1. The molecule has 0 saturated heterocycles. The number of hydrogen-bond acceptors (Lipinski definition) is 6. The molecule has 1 saturated carbocycles. The summed E-state index contributed by atoms with van der Waals surface area (Å²) in [6, 6.07) is 2.89. The molecule has 0 amide bonds. The van der Waals surface area contributed by atoms with Crippen LogP contribution in [0.2, 0.25) is 5.02 Å². The van der Waals surface area contributed by atoms with E-state index in [1.54, 1.807) is 19.4 Å². The summed E-state index contributed by atoms with van der Waals surface area (Å²) in [5, 5.41) is 11.2. The van der Waals surface area contributed by atoms with E-state index in [0.29, 0.717) is 5.75 Å². The summed E-state index contributed by atoms with van der Waals surface area (Å²) in [4.78, 5) is 18.4. The summed E-state index contributed by atoms with van der Waals surface area (Å²) in [6.07, 6.45) is 6.39. The molecule has 1 fully saturated rings. The topological polar surface area (TPSA) is 87.4 Å². The van der Waals surface area contributed by atoms with Gasteiger partial charge in [-0.3, -0.25) is 15.1 Å². The summed E-state index contributed by atoms with van der Waals surface area (Å²) in [6.45, 7) is 0. The highest BCUT2D eigenvalue weighted by atomic mass is 35.5.